The third kappa shape index (κ3) is 1.56. The zero-order chi connectivity index (χ0) is 10.8. The summed E-state index contributed by atoms with van der Waals surface area (Å²) in [7, 11) is 0. The Bertz CT molecular complexity index is 486. The zero-order valence-corrected chi connectivity index (χ0v) is 8.77. The molecule has 0 saturated heterocycles. The van der Waals surface area contributed by atoms with E-state index in [1.165, 1.54) is 0 Å². The topological polar surface area (TPSA) is 34.9 Å². The molecule has 0 saturated carbocycles. The van der Waals surface area contributed by atoms with Gasteiger partial charge in [0.15, 0.2) is 6.29 Å². The molecular formula is C12H12N2O. The summed E-state index contributed by atoms with van der Waals surface area (Å²) in [6.07, 6.45) is 6.37. The molecule has 0 bridgehead atoms. The van der Waals surface area contributed by atoms with Gasteiger partial charge in [-0.2, -0.15) is 0 Å². The van der Waals surface area contributed by atoms with Gasteiger partial charge in [0, 0.05) is 23.7 Å². The maximum absolute atomic E-state index is 10.9. The molecule has 3 nitrogen and oxygen atoms in total. The minimum Gasteiger partial charge on any atom is -0.319 e. The van der Waals surface area contributed by atoms with Crippen LogP contribution < -0.4 is 0 Å². The van der Waals surface area contributed by atoms with Crippen molar-refractivity contribution in [3.63, 3.8) is 0 Å². The van der Waals surface area contributed by atoms with Crippen molar-refractivity contribution in [1.29, 1.82) is 0 Å². The fourth-order valence-electron chi connectivity index (χ4n) is 1.72. The Morgan fingerprint density at radius 1 is 1.40 bits per heavy atom. The zero-order valence-electron chi connectivity index (χ0n) is 8.77. The molecule has 2 rings (SSSR count). The van der Waals surface area contributed by atoms with E-state index in [0.29, 0.717) is 0 Å². The monoisotopic (exact) mass is 200 g/mol. The molecule has 0 aliphatic heterocycles. The average molecular weight is 200 g/mol. The van der Waals surface area contributed by atoms with E-state index in [-0.39, 0.29) is 0 Å². The van der Waals surface area contributed by atoms with Crippen LogP contribution in [0.5, 0.6) is 0 Å². The predicted molar refractivity (Wildman–Crippen MR) is 58.4 cm³/mol. The van der Waals surface area contributed by atoms with Gasteiger partial charge in [0.05, 0.1) is 11.9 Å². The molecule has 0 spiro atoms. The van der Waals surface area contributed by atoms with E-state index < -0.39 is 0 Å². The maximum Gasteiger partial charge on any atom is 0.152 e. The number of pyridine rings is 1. The molecule has 0 N–H and O–H groups in total. The summed E-state index contributed by atoms with van der Waals surface area (Å²) in [5.41, 5.74) is 3.69. The largest absolute Gasteiger partial charge is 0.319 e. The number of aldehydes is 1. The normalized spacial score (nSPS) is 10.3. The third-order valence-electron chi connectivity index (χ3n) is 2.54. The van der Waals surface area contributed by atoms with Crippen LogP contribution in [0, 0.1) is 13.8 Å². The van der Waals surface area contributed by atoms with Crippen LogP contribution >= 0.6 is 0 Å². The van der Waals surface area contributed by atoms with Gasteiger partial charge in [-0.1, -0.05) is 0 Å². The highest BCUT2D eigenvalue weighted by molar-refractivity contribution is 5.79. The summed E-state index contributed by atoms with van der Waals surface area (Å²) in [5.74, 6) is 0. The lowest BCUT2D eigenvalue weighted by molar-refractivity contribution is 0.112. The van der Waals surface area contributed by atoms with E-state index in [1.54, 1.807) is 12.4 Å². The standard InChI is InChI=1S/C12H12N2O/c1-9-7-14(10(2)12(9)8-15)11-4-3-5-13-6-11/h3-8H,1-2H3. The van der Waals surface area contributed by atoms with Crippen LogP contribution in [0.1, 0.15) is 21.6 Å². The second-order valence-corrected chi connectivity index (χ2v) is 3.51. The highest BCUT2D eigenvalue weighted by Crippen LogP contribution is 2.18. The number of rotatable bonds is 2. The molecule has 15 heavy (non-hydrogen) atoms. The van der Waals surface area contributed by atoms with Crippen molar-refractivity contribution in [3.05, 3.63) is 47.5 Å². The van der Waals surface area contributed by atoms with Gasteiger partial charge in [0.2, 0.25) is 0 Å². The van der Waals surface area contributed by atoms with E-state index in [2.05, 4.69) is 4.98 Å². The van der Waals surface area contributed by atoms with Gasteiger partial charge in [0.25, 0.3) is 0 Å². The number of nitrogens with zero attached hydrogens (tertiary/aromatic N) is 2. The van der Waals surface area contributed by atoms with Gasteiger partial charge < -0.3 is 4.57 Å². The first-order valence-electron chi connectivity index (χ1n) is 4.78. The molecule has 76 valence electrons. The van der Waals surface area contributed by atoms with Crippen molar-refractivity contribution in [2.45, 2.75) is 13.8 Å². The van der Waals surface area contributed by atoms with Crippen molar-refractivity contribution in [2.24, 2.45) is 0 Å². The molecule has 0 aromatic carbocycles. The van der Waals surface area contributed by atoms with E-state index >= 15 is 0 Å². The SMILES string of the molecule is Cc1cn(-c2cccnc2)c(C)c1C=O. The summed E-state index contributed by atoms with van der Waals surface area (Å²) in [6, 6.07) is 3.85. The van der Waals surface area contributed by atoms with Crippen LogP contribution in [0.2, 0.25) is 0 Å². The molecule has 0 amide bonds. The molecule has 0 fully saturated rings. The smallest absolute Gasteiger partial charge is 0.152 e. The number of carbonyl (C=O) groups is 1. The van der Waals surface area contributed by atoms with Crippen molar-refractivity contribution in [3.8, 4) is 5.69 Å². The van der Waals surface area contributed by atoms with E-state index in [4.69, 9.17) is 0 Å². The van der Waals surface area contributed by atoms with Crippen LogP contribution in [-0.2, 0) is 0 Å². The Morgan fingerprint density at radius 2 is 2.20 bits per heavy atom. The Morgan fingerprint density at radius 3 is 2.73 bits per heavy atom. The van der Waals surface area contributed by atoms with Gasteiger partial charge in [0.1, 0.15) is 0 Å². The Balaban J connectivity index is 2.60. The third-order valence-corrected chi connectivity index (χ3v) is 2.54. The Hall–Kier alpha value is -1.90. The summed E-state index contributed by atoms with van der Waals surface area (Å²) in [4.78, 5) is 14.9. The number of hydrogen-bond donors (Lipinski definition) is 0. The molecule has 2 aromatic rings. The summed E-state index contributed by atoms with van der Waals surface area (Å²) in [6.45, 7) is 3.87. The van der Waals surface area contributed by atoms with Gasteiger partial charge in [-0.15, -0.1) is 0 Å². The van der Waals surface area contributed by atoms with Gasteiger partial charge in [-0.05, 0) is 31.5 Å². The van der Waals surface area contributed by atoms with Crippen LogP contribution in [-0.4, -0.2) is 15.8 Å². The number of aryl methyl sites for hydroxylation is 1. The number of aromatic nitrogens is 2. The molecule has 0 aliphatic carbocycles. The Labute approximate surface area is 88.4 Å². The van der Waals surface area contributed by atoms with Gasteiger partial charge >= 0.3 is 0 Å². The summed E-state index contributed by atoms with van der Waals surface area (Å²) >= 11 is 0. The van der Waals surface area contributed by atoms with Crippen LogP contribution in [0.4, 0.5) is 0 Å². The molecule has 0 radical (unpaired) electrons. The average Bonchev–Trinajstić information content (AvgIpc) is 2.55. The number of carbonyl (C=O) groups excluding carboxylic acids is 1. The summed E-state index contributed by atoms with van der Waals surface area (Å²) < 4.78 is 1.98. The fourth-order valence-corrected chi connectivity index (χ4v) is 1.72. The van der Waals surface area contributed by atoms with Crippen LogP contribution in [0.15, 0.2) is 30.7 Å². The fraction of sp³-hybridized carbons (Fsp3) is 0.167. The predicted octanol–water partition coefficient (Wildman–Crippen LogP) is 2.30. The summed E-state index contributed by atoms with van der Waals surface area (Å²) in [5, 5.41) is 0. The highest BCUT2D eigenvalue weighted by atomic mass is 16.1. The first-order valence-corrected chi connectivity index (χ1v) is 4.78. The van der Waals surface area contributed by atoms with Crippen LogP contribution in [0.25, 0.3) is 5.69 Å². The van der Waals surface area contributed by atoms with Crippen LogP contribution in [0.3, 0.4) is 0 Å². The minimum absolute atomic E-state index is 0.763. The quantitative estimate of drug-likeness (QED) is 0.697. The first-order chi connectivity index (χ1) is 7.24. The minimum atomic E-state index is 0.763. The molecule has 2 heterocycles. The van der Waals surface area contributed by atoms with E-state index in [1.807, 2.05) is 36.7 Å². The first kappa shape index (κ1) is 9.65. The molecule has 0 aliphatic rings. The van der Waals surface area contributed by atoms with E-state index in [0.717, 1.165) is 28.8 Å². The van der Waals surface area contributed by atoms with Crippen molar-refractivity contribution in [2.75, 3.05) is 0 Å². The molecule has 3 heteroatoms. The van der Waals surface area contributed by atoms with Crippen molar-refractivity contribution in [1.82, 2.24) is 9.55 Å². The van der Waals surface area contributed by atoms with Gasteiger partial charge in [-0.3, -0.25) is 9.78 Å². The Kier molecular flexibility index (Phi) is 2.37. The molecule has 0 unspecified atom stereocenters. The lowest BCUT2D eigenvalue weighted by Crippen LogP contribution is -1.96. The number of hydrogen-bond acceptors (Lipinski definition) is 2. The second-order valence-electron chi connectivity index (χ2n) is 3.51. The van der Waals surface area contributed by atoms with Gasteiger partial charge in [-0.25, -0.2) is 0 Å². The van der Waals surface area contributed by atoms with E-state index in [9.17, 15) is 4.79 Å². The molecule has 2 aromatic heterocycles. The van der Waals surface area contributed by atoms with Crippen molar-refractivity contribution >= 4 is 6.29 Å². The second kappa shape index (κ2) is 3.69. The molecular weight excluding hydrogens is 188 g/mol. The highest BCUT2D eigenvalue weighted by Gasteiger charge is 2.09. The maximum atomic E-state index is 10.9. The lowest BCUT2D eigenvalue weighted by Gasteiger charge is -2.04. The van der Waals surface area contributed by atoms with Crippen molar-refractivity contribution < 1.29 is 4.79 Å². The molecule has 0 atom stereocenters. The lowest BCUT2D eigenvalue weighted by atomic mass is 10.2.